The molecule has 0 aromatic heterocycles. The van der Waals surface area contributed by atoms with Gasteiger partial charge < -0.3 is 10.1 Å². The standard InChI is InChI=1S/C18H20ClNOS/c1-4-18(22)20-16-7-6-15(19)10-14(16)11-21-17-8-5-12(2)9-13(17)3/h5-10H,4,11H2,1-3H3,(H,20,22). The Hall–Kier alpha value is -1.58. The number of hydrogen-bond donors (Lipinski definition) is 1. The first kappa shape index (κ1) is 16.8. The van der Waals surface area contributed by atoms with Crippen LogP contribution >= 0.6 is 23.8 Å². The summed E-state index contributed by atoms with van der Waals surface area (Å²) < 4.78 is 5.95. The second kappa shape index (κ2) is 7.61. The molecule has 0 atom stereocenters. The zero-order valence-electron chi connectivity index (χ0n) is 13.1. The molecule has 0 radical (unpaired) electrons. The Morgan fingerprint density at radius 2 is 1.95 bits per heavy atom. The quantitative estimate of drug-likeness (QED) is 0.711. The predicted molar refractivity (Wildman–Crippen MR) is 98.2 cm³/mol. The van der Waals surface area contributed by atoms with Crippen LogP contribution in [0.15, 0.2) is 36.4 Å². The van der Waals surface area contributed by atoms with Gasteiger partial charge in [-0.1, -0.05) is 48.4 Å². The van der Waals surface area contributed by atoms with Gasteiger partial charge in [-0.25, -0.2) is 0 Å². The smallest absolute Gasteiger partial charge is 0.122 e. The number of ether oxygens (including phenoxy) is 1. The van der Waals surface area contributed by atoms with E-state index in [1.807, 2.05) is 44.2 Å². The summed E-state index contributed by atoms with van der Waals surface area (Å²) in [5.41, 5.74) is 4.29. The van der Waals surface area contributed by atoms with Crippen LogP contribution in [0.4, 0.5) is 5.69 Å². The molecule has 2 aromatic carbocycles. The maximum Gasteiger partial charge on any atom is 0.122 e. The molecule has 0 spiro atoms. The summed E-state index contributed by atoms with van der Waals surface area (Å²) in [4.78, 5) is 0.801. The molecule has 0 fully saturated rings. The van der Waals surface area contributed by atoms with E-state index in [-0.39, 0.29) is 0 Å². The molecule has 0 unspecified atom stereocenters. The van der Waals surface area contributed by atoms with E-state index in [2.05, 4.69) is 18.3 Å². The molecule has 0 bridgehead atoms. The van der Waals surface area contributed by atoms with Crippen LogP contribution in [0.3, 0.4) is 0 Å². The van der Waals surface area contributed by atoms with Gasteiger partial charge in [-0.2, -0.15) is 0 Å². The van der Waals surface area contributed by atoms with Gasteiger partial charge in [-0.15, -0.1) is 0 Å². The second-order valence-electron chi connectivity index (χ2n) is 5.26. The molecule has 0 heterocycles. The van der Waals surface area contributed by atoms with Gasteiger partial charge in [0.25, 0.3) is 0 Å². The molecule has 0 saturated carbocycles. The third-order valence-corrected chi connectivity index (χ3v) is 4.00. The van der Waals surface area contributed by atoms with Crippen LogP contribution in [0.2, 0.25) is 5.02 Å². The van der Waals surface area contributed by atoms with Gasteiger partial charge in [0.05, 0.1) is 4.99 Å². The monoisotopic (exact) mass is 333 g/mol. The number of thiocarbonyl (C=S) groups is 1. The van der Waals surface area contributed by atoms with Gasteiger partial charge in [0.2, 0.25) is 0 Å². The highest BCUT2D eigenvalue weighted by molar-refractivity contribution is 7.80. The van der Waals surface area contributed by atoms with E-state index in [1.54, 1.807) is 0 Å². The molecule has 2 rings (SSSR count). The molecule has 2 nitrogen and oxygen atoms in total. The molecule has 116 valence electrons. The van der Waals surface area contributed by atoms with Crippen LogP contribution in [0.25, 0.3) is 0 Å². The molecule has 4 heteroatoms. The predicted octanol–water partition coefficient (Wildman–Crippen LogP) is 5.69. The molecule has 1 N–H and O–H groups in total. The lowest BCUT2D eigenvalue weighted by molar-refractivity contribution is 0.304. The highest BCUT2D eigenvalue weighted by Crippen LogP contribution is 2.25. The van der Waals surface area contributed by atoms with Crippen LogP contribution < -0.4 is 10.1 Å². The van der Waals surface area contributed by atoms with Crippen molar-refractivity contribution < 1.29 is 4.74 Å². The topological polar surface area (TPSA) is 21.3 Å². The maximum atomic E-state index is 6.10. The number of hydrogen-bond acceptors (Lipinski definition) is 2. The van der Waals surface area contributed by atoms with Crippen molar-refractivity contribution >= 4 is 34.5 Å². The lowest BCUT2D eigenvalue weighted by atomic mass is 10.1. The van der Waals surface area contributed by atoms with Crippen molar-refractivity contribution in [1.29, 1.82) is 0 Å². The Morgan fingerprint density at radius 3 is 2.64 bits per heavy atom. The largest absolute Gasteiger partial charge is 0.489 e. The van der Waals surface area contributed by atoms with Crippen molar-refractivity contribution in [2.75, 3.05) is 5.32 Å². The number of rotatable bonds is 5. The van der Waals surface area contributed by atoms with Crippen LogP contribution in [0.1, 0.15) is 30.0 Å². The first-order valence-corrected chi connectivity index (χ1v) is 8.06. The van der Waals surface area contributed by atoms with Crippen LogP contribution in [0, 0.1) is 13.8 Å². The third-order valence-electron chi connectivity index (χ3n) is 3.38. The fourth-order valence-electron chi connectivity index (χ4n) is 2.16. The van der Waals surface area contributed by atoms with E-state index < -0.39 is 0 Å². The summed E-state index contributed by atoms with van der Waals surface area (Å²) in [5, 5.41) is 3.93. The molecule has 0 aliphatic heterocycles. The fraction of sp³-hybridized carbons (Fsp3) is 0.278. The lowest BCUT2D eigenvalue weighted by Gasteiger charge is -2.15. The zero-order chi connectivity index (χ0) is 16.1. The molecule has 2 aromatic rings. The Bertz CT molecular complexity index is 685. The van der Waals surface area contributed by atoms with E-state index in [0.29, 0.717) is 11.6 Å². The maximum absolute atomic E-state index is 6.10. The second-order valence-corrected chi connectivity index (χ2v) is 6.19. The summed E-state index contributed by atoms with van der Waals surface area (Å²) in [6, 6.07) is 11.9. The highest BCUT2D eigenvalue weighted by atomic mass is 35.5. The van der Waals surface area contributed by atoms with Gasteiger partial charge in [0.1, 0.15) is 12.4 Å². The van der Waals surface area contributed by atoms with Gasteiger partial charge in [-0.05, 0) is 50.1 Å². The number of anilines is 1. The Kier molecular flexibility index (Phi) is 5.81. The summed E-state index contributed by atoms with van der Waals surface area (Å²) in [5.74, 6) is 0.884. The molecule has 0 saturated heterocycles. The summed E-state index contributed by atoms with van der Waals surface area (Å²) in [6.45, 7) is 6.59. The zero-order valence-corrected chi connectivity index (χ0v) is 14.6. The molecule has 0 aliphatic carbocycles. The summed E-state index contributed by atoms with van der Waals surface area (Å²) >= 11 is 11.4. The van der Waals surface area contributed by atoms with E-state index >= 15 is 0 Å². The lowest BCUT2D eigenvalue weighted by Crippen LogP contribution is -2.10. The van der Waals surface area contributed by atoms with E-state index in [0.717, 1.165) is 34.0 Å². The van der Waals surface area contributed by atoms with Crippen molar-refractivity contribution in [3.8, 4) is 5.75 Å². The van der Waals surface area contributed by atoms with Crippen molar-refractivity contribution in [2.45, 2.75) is 33.8 Å². The molecule has 0 aliphatic rings. The van der Waals surface area contributed by atoms with E-state index in [4.69, 9.17) is 28.6 Å². The Morgan fingerprint density at radius 1 is 1.18 bits per heavy atom. The Labute approximate surface area is 142 Å². The minimum atomic E-state index is 0.444. The number of halogens is 1. The highest BCUT2D eigenvalue weighted by Gasteiger charge is 2.07. The SMILES string of the molecule is CCC(=S)Nc1ccc(Cl)cc1COc1ccc(C)cc1C. The number of aryl methyl sites for hydroxylation is 2. The fourth-order valence-corrected chi connectivity index (χ4v) is 2.46. The average Bonchev–Trinajstić information content (AvgIpc) is 2.48. The Balaban J connectivity index is 2.17. The van der Waals surface area contributed by atoms with Crippen molar-refractivity contribution in [3.05, 3.63) is 58.1 Å². The third kappa shape index (κ3) is 4.46. The minimum Gasteiger partial charge on any atom is -0.489 e. The van der Waals surface area contributed by atoms with Gasteiger partial charge >= 0.3 is 0 Å². The van der Waals surface area contributed by atoms with Gasteiger partial charge in [-0.3, -0.25) is 0 Å². The van der Waals surface area contributed by atoms with Crippen molar-refractivity contribution in [1.82, 2.24) is 0 Å². The van der Waals surface area contributed by atoms with Crippen LogP contribution in [-0.2, 0) is 6.61 Å². The molecule has 22 heavy (non-hydrogen) atoms. The number of nitrogens with one attached hydrogen (secondary N) is 1. The van der Waals surface area contributed by atoms with Gasteiger partial charge in [0, 0.05) is 16.3 Å². The molecule has 0 amide bonds. The van der Waals surface area contributed by atoms with Crippen molar-refractivity contribution in [3.63, 3.8) is 0 Å². The van der Waals surface area contributed by atoms with Crippen LogP contribution in [-0.4, -0.2) is 4.99 Å². The first-order valence-electron chi connectivity index (χ1n) is 7.28. The summed E-state index contributed by atoms with van der Waals surface area (Å²) in [6.07, 6.45) is 0.801. The molecular formula is C18H20ClNOS. The van der Waals surface area contributed by atoms with E-state index in [1.165, 1.54) is 5.56 Å². The summed E-state index contributed by atoms with van der Waals surface area (Å²) in [7, 11) is 0. The first-order chi connectivity index (χ1) is 10.5. The minimum absolute atomic E-state index is 0.444. The normalized spacial score (nSPS) is 10.4. The number of benzene rings is 2. The van der Waals surface area contributed by atoms with Gasteiger partial charge in [0.15, 0.2) is 0 Å². The van der Waals surface area contributed by atoms with E-state index in [9.17, 15) is 0 Å². The van der Waals surface area contributed by atoms with Crippen LogP contribution in [0.5, 0.6) is 5.75 Å². The molecular weight excluding hydrogens is 314 g/mol. The van der Waals surface area contributed by atoms with Crippen molar-refractivity contribution in [2.24, 2.45) is 0 Å². The average molecular weight is 334 g/mol.